The predicted octanol–water partition coefficient (Wildman–Crippen LogP) is 3.87. The smallest absolute Gasteiger partial charge is 0.318 e. The van der Waals surface area contributed by atoms with Crippen molar-refractivity contribution in [1.82, 2.24) is 14.9 Å². The van der Waals surface area contributed by atoms with Gasteiger partial charge in [0.1, 0.15) is 0 Å². The van der Waals surface area contributed by atoms with Crippen LogP contribution in [0, 0.1) is 0 Å². The Balaban J connectivity index is 1.91. The number of carbonyl (C=O) groups excluding carboxylic acids is 2. The van der Waals surface area contributed by atoms with E-state index in [0.717, 1.165) is 16.9 Å². The van der Waals surface area contributed by atoms with Crippen LogP contribution in [0.15, 0.2) is 66.0 Å². The molecule has 27 heavy (non-hydrogen) atoms. The number of amides is 3. The number of imide groups is 1. The van der Waals surface area contributed by atoms with E-state index in [-0.39, 0.29) is 6.42 Å². The molecule has 3 N–H and O–H groups in total. The third kappa shape index (κ3) is 4.69. The van der Waals surface area contributed by atoms with E-state index in [1.54, 1.807) is 6.20 Å². The molecule has 8 heteroatoms. The first-order valence-corrected chi connectivity index (χ1v) is 9.53. The highest BCUT2D eigenvalue weighted by atomic mass is 35.5. The van der Waals surface area contributed by atoms with Gasteiger partial charge in [0.05, 0.1) is 22.6 Å². The van der Waals surface area contributed by atoms with Crippen LogP contribution in [0.1, 0.15) is 6.42 Å². The number of para-hydroxylation sites is 1. The second kappa shape index (κ2) is 8.75. The molecule has 0 saturated heterocycles. The van der Waals surface area contributed by atoms with Crippen LogP contribution >= 0.6 is 23.4 Å². The summed E-state index contributed by atoms with van der Waals surface area (Å²) in [7, 11) is 0. The standard InChI is InChI=1S/C19H17ClN4O2S/c20-14-8-4-5-9-15(14)24-16(13-6-2-1-3-7-13)12-22-19(24)27-11-10-17(25)23-18(21)26/h1-9,12H,10-11H2,(H3,21,23,25,26). The number of benzene rings is 2. The lowest BCUT2D eigenvalue weighted by atomic mass is 10.1. The first kappa shape index (κ1) is 19.0. The van der Waals surface area contributed by atoms with Crippen LogP contribution in [0.5, 0.6) is 0 Å². The maximum atomic E-state index is 11.6. The molecule has 0 saturated carbocycles. The van der Waals surface area contributed by atoms with Crippen molar-refractivity contribution in [3.63, 3.8) is 0 Å². The van der Waals surface area contributed by atoms with E-state index in [1.165, 1.54) is 11.8 Å². The predicted molar refractivity (Wildman–Crippen MR) is 107 cm³/mol. The maximum Gasteiger partial charge on any atom is 0.318 e. The summed E-state index contributed by atoms with van der Waals surface area (Å²) in [5.74, 6) is 0.0172. The number of rotatable bonds is 6. The van der Waals surface area contributed by atoms with Crippen LogP contribution in [-0.2, 0) is 4.79 Å². The molecule has 3 amide bonds. The largest absolute Gasteiger partial charge is 0.351 e. The third-order valence-electron chi connectivity index (χ3n) is 3.72. The number of nitrogens with two attached hydrogens (primary N) is 1. The van der Waals surface area contributed by atoms with Crippen molar-refractivity contribution >= 4 is 35.3 Å². The lowest BCUT2D eigenvalue weighted by Crippen LogP contribution is -2.35. The lowest BCUT2D eigenvalue weighted by molar-refractivity contribution is -0.119. The molecule has 3 rings (SSSR count). The van der Waals surface area contributed by atoms with Crippen LogP contribution in [0.4, 0.5) is 4.79 Å². The highest BCUT2D eigenvalue weighted by Crippen LogP contribution is 2.32. The van der Waals surface area contributed by atoms with Gasteiger partial charge in [-0.1, -0.05) is 65.8 Å². The van der Waals surface area contributed by atoms with Crippen molar-refractivity contribution in [2.75, 3.05) is 5.75 Å². The molecule has 0 aliphatic rings. The van der Waals surface area contributed by atoms with Crippen LogP contribution in [-0.4, -0.2) is 27.2 Å². The summed E-state index contributed by atoms with van der Waals surface area (Å²) in [6, 6.07) is 16.5. The number of carbonyl (C=O) groups is 2. The summed E-state index contributed by atoms with van der Waals surface area (Å²) in [6.07, 6.45) is 1.92. The molecular weight excluding hydrogens is 384 g/mol. The minimum atomic E-state index is -0.853. The number of hydrogen-bond donors (Lipinski definition) is 2. The number of hydrogen-bond acceptors (Lipinski definition) is 4. The van der Waals surface area contributed by atoms with Crippen LogP contribution < -0.4 is 11.1 Å². The molecule has 6 nitrogen and oxygen atoms in total. The Morgan fingerprint density at radius 1 is 1.11 bits per heavy atom. The Hall–Kier alpha value is -2.77. The number of thioether (sulfide) groups is 1. The summed E-state index contributed by atoms with van der Waals surface area (Å²) < 4.78 is 1.97. The van der Waals surface area contributed by atoms with Crippen LogP contribution in [0.3, 0.4) is 0 Å². The number of halogens is 1. The van der Waals surface area contributed by atoms with Crippen molar-refractivity contribution in [3.8, 4) is 16.9 Å². The summed E-state index contributed by atoms with van der Waals surface area (Å²) in [4.78, 5) is 26.8. The van der Waals surface area contributed by atoms with Gasteiger partial charge in [0.2, 0.25) is 5.91 Å². The quantitative estimate of drug-likeness (QED) is 0.614. The second-order valence-corrected chi connectivity index (χ2v) is 7.06. The number of urea groups is 1. The van der Waals surface area contributed by atoms with Crippen molar-refractivity contribution in [1.29, 1.82) is 0 Å². The number of aromatic nitrogens is 2. The molecule has 0 radical (unpaired) electrons. The fraction of sp³-hybridized carbons (Fsp3) is 0.105. The van der Waals surface area contributed by atoms with Crippen molar-refractivity contribution in [2.24, 2.45) is 5.73 Å². The molecule has 0 fully saturated rings. The zero-order valence-electron chi connectivity index (χ0n) is 14.3. The van der Waals surface area contributed by atoms with Crippen molar-refractivity contribution < 1.29 is 9.59 Å². The molecular formula is C19H17ClN4O2S. The average Bonchev–Trinajstić information content (AvgIpc) is 3.06. The topological polar surface area (TPSA) is 90.0 Å². The van der Waals surface area contributed by atoms with Gasteiger partial charge in [-0.15, -0.1) is 0 Å². The SMILES string of the molecule is NC(=O)NC(=O)CCSc1ncc(-c2ccccc2)n1-c1ccccc1Cl. The first-order valence-electron chi connectivity index (χ1n) is 8.16. The maximum absolute atomic E-state index is 11.6. The molecule has 1 heterocycles. The van der Waals surface area contributed by atoms with Crippen LogP contribution in [0.2, 0.25) is 5.02 Å². The Morgan fingerprint density at radius 3 is 2.52 bits per heavy atom. The van der Waals surface area contributed by atoms with Crippen molar-refractivity contribution in [3.05, 3.63) is 65.8 Å². The molecule has 0 aliphatic carbocycles. The molecule has 0 unspecified atom stereocenters. The van der Waals surface area contributed by atoms with Crippen molar-refractivity contribution in [2.45, 2.75) is 11.6 Å². The number of nitrogens with one attached hydrogen (secondary N) is 1. The summed E-state index contributed by atoms with van der Waals surface area (Å²) >= 11 is 7.82. The summed E-state index contributed by atoms with van der Waals surface area (Å²) in [6.45, 7) is 0. The van der Waals surface area contributed by atoms with Gasteiger partial charge in [-0.05, 0) is 12.1 Å². The average molecular weight is 401 g/mol. The Labute approximate surface area is 165 Å². The lowest BCUT2D eigenvalue weighted by Gasteiger charge is -2.13. The number of nitrogens with zero attached hydrogens (tertiary/aromatic N) is 2. The van der Waals surface area contributed by atoms with E-state index in [2.05, 4.69) is 10.3 Å². The minimum absolute atomic E-state index is 0.143. The van der Waals surface area contributed by atoms with E-state index in [4.69, 9.17) is 17.3 Å². The molecule has 0 spiro atoms. The number of primary amides is 1. The highest BCUT2D eigenvalue weighted by Gasteiger charge is 2.16. The van der Waals surface area contributed by atoms with Gasteiger partial charge in [0.15, 0.2) is 5.16 Å². The van der Waals surface area contributed by atoms with E-state index >= 15 is 0 Å². The summed E-state index contributed by atoms with van der Waals surface area (Å²) in [5, 5.41) is 3.35. The first-order chi connectivity index (χ1) is 13.1. The molecule has 1 aromatic heterocycles. The molecule has 0 aliphatic heterocycles. The zero-order valence-corrected chi connectivity index (χ0v) is 15.8. The van der Waals surface area contributed by atoms with E-state index in [9.17, 15) is 9.59 Å². The normalized spacial score (nSPS) is 10.6. The molecule has 138 valence electrons. The van der Waals surface area contributed by atoms with Gasteiger partial charge in [-0.2, -0.15) is 0 Å². The van der Waals surface area contributed by atoms with Gasteiger partial charge in [-0.3, -0.25) is 14.7 Å². The van der Waals surface area contributed by atoms with E-state index in [0.29, 0.717) is 15.9 Å². The Morgan fingerprint density at radius 2 is 1.81 bits per heavy atom. The van der Waals surface area contributed by atoms with Gasteiger partial charge >= 0.3 is 6.03 Å². The molecule has 0 atom stereocenters. The Kier molecular flexibility index (Phi) is 6.16. The van der Waals surface area contributed by atoms with E-state index in [1.807, 2.05) is 59.2 Å². The molecule has 2 aromatic carbocycles. The molecule has 0 bridgehead atoms. The zero-order chi connectivity index (χ0) is 19.2. The van der Waals surface area contributed by atoms with Gasteiger partial charge in [0, 0.05) is 17.7 Å². The highest BCUT2D eigenvalue weighted by molar-refractivity contribution is 7.99. The second-order valence-electron chi connectivity index (χ2n) is 5.59. The minimum Gasteiger partial charge on any atom is -0.351 e. The molecule has 3 aromatic rings. The number of imidazole rings is 1. The third-order valence-corrected chi connectivity index (χ3v) is 4.99. The fourth-order valence-electron chi connectivity index (χ4n) is 2.55. The van der Waals surface area contributed by atoms with Gasteiger partial charge in [-0.25, -0.2) is 9.78 Å². The Bertz CT molecular complexity index is 959. The van der Waals surface area contributed by atoms with Crippen LogP contribution in [0.25, 0.3) is 16.9 Å². The van der Waals surface area contributed by atoms with Gasteiger partial charge in [0.25, 0.3) is 0 Å². The summed E-state index contributed by atoms with van der Waals surface area (Å²) in [5.41, 5.74) is 7.66. The van der Waals surface area contributed by atoms with Gasteiger partial charge < -0.3 is 5.73 Å². The van der Waals surface area contributed by atoms with E-state index < -0.39 is 11.9 Å². The fourth-order valence-corrected chi connectivity index (χ4v) is 3.69. The monoisotopic (exact) mass is 400 g/mol.